The summed E-state index contributed by atoms with van der Waals surface area (Å²) >= 11 is 0. The van der Waals surface area contributed by atoms with Crippen LogP contribution in [0.5, 0.6) is 0 Å². The van der Waals surface area contributed by atoms with Gasteiger partial charge in [0.15, 0.2) is 0 Å². The average Bonchev–Trinajstić information content (AvgIpc) is 2.73. The Morgan fingerprint density at radius 1 is 0.966 bits per heavy atom. The fourth-order valence-electron chi connectivity index (χ4n) is 4.16. The molecule has 152 valence electrons. The zero-order valence-corrected chi connectivity index (χ0v) is 17.7. The zero-order chi connectivity index (χ0) is 20.3. The summed E-state index contributed by atoms with van der Waals surface area (Å²) in [6.07, 6.45) is 8.83. The van der Waals surface area contributed by atoms with Crippen molar-refractivity contribution in [1.29, 1.82) is 0 Å². The maximum absolute atomic E-state index is 12.8. The minimum Gasteiger partial charge on any atom is -0.277 e. The molecule has 0 radical (unpaired) electrons. The van der Waals surface area contributed by atoms with Crippen LogP contribution in [0.3, 0.4) is 0 Å². The molecule has 4 nitrogen and oxygen atoms in total. The van der Waals surface area contributed by atoms with E-state index in [1.807, 2.05) is 25.1 Å². The highest BCUT2D eigenvalue weighted by Crippen LogP contribution is 2.29. The molecule has 1 aliphatic carbocycles. The number of nitrogens with zero attached hydrogens (tertiary/aromatic N) is 1. The summed E-state index contributed by atoms with van der Waals surface area (Å²) in [6, 6.07) is 16.6. The first kappa shape index (κ1) is 19.9. The second-order valence-corrected chi connectivity index (χ2v) is 9.82. The van der Waals surface area contributed by atoms with Crippen molar-refractivity contribution in [1.82, 2.24) is 4.98 Å². The van der Waals surface area contributed by atoms with Gasteiger partial charge in [-0.15, -0.1) is 0 Å². The lowest BCUT2D eigenvalue weighted by Gasteiger charge is -2.21. The van der Waals surface area contributed by atoms with Crippen LogP contribution in [-0.4, -0.2) is 13.4 Å². The maximum Gasteiger partial charge on any atom is 0.261 e. The van der Waals surface area contributed by atoms with Crippen molar-refractivity contribution in [2.45, 2.75) is 56.8 Å². The Kier molecular flexibility index (Phi) is 5.86. The Morgan fingerprint density at radius 2 is 1.72 bits per heavy atom. The number of rotatable bonds is 6. The predicted octanol–water partition coefficient (Wildman–Crippen LogP) is 5.86. The van der Waals surface area contributed by atoms with Gasteiger partial charge in [-0.25, -0.2) is 8.42 Å². The van der Waals surface area contributed by atoms with Gasteiger partial charge >= 0.3 is 0 Å². The van der Waals surface area contributed by atoms with Gasteiger partial charge in [-0.1, -0.05) is 68.0 Å². The number of para-hydroxylation sites is 1. The van der Waals surface area contributed by atoms with Crippen molar-refractivity contribution in [2.24, 2.45) is 5.92 Å². The standard InChI is InChI=1S/C24H28N2O2S/c1-18-10-16-22(17-11-18)29(27,28)26-23-9-5-8-20-13-15-21(25-24(20)23)14-12-19-6-3-2-4-7-19/h5,8-11,13,15-17,19,26H,2-4,6-7,12,14H2,1H3. The molecule has 1 heterocycles. The monoisotopic (exact) mass is 408 g/mol. The summed E-state index contributed by atoms with van der Waals surface area (Å²) in [5.41, 5.74) is 3.30. The van der Waals surface area contributed by atoms with E-state index in [9.17, 15) is 8.42 Å². The summed E-state index contributed by atoms with van der Waals surface area (Å²) in [5.74, 6) is 0.802. The van der Waals surface area contributed by atoms with Crippen molar-refractivity contribution in [3.63, 3.8) is 0 Å². The molecule has 1 N–H and O–H groups in total. The molecule has 1 aliphatic rings. The van der Waals surface area contributed by atoms with Crippen molar-refractivity contribution in [2.75, 3.05) is 4.72 Å². The number of pyridine rings is 1. The average molecular weight is 409 g/mol. The van der Waals surface area contributed by atoms with Crippen LogP contribution in [0, 0.1) is 12.8 Å². The highest BCUT2D eigenvalue weighted by molar-refractivity contribution is 7.92. The van der Waals surface area contributed by atoms with Crippen LogP contribution in [0.25, 0.3) is 10.9 Å². The lowest BCUT2D eigenvalue weighted by atomic mass is 9.86. The molecule has 5 heteroatoms. The number of hydrogen-bond donors (Lipinski definition) is 1. The first-order valence-corrected chi connectivity index (χ1v) is 12.0. The van der Waals surface area contributed by atoms with Crippen molar-refractivity contribution < 1.29 is 8.42 Å². The van der Waals surface area contributed by atoms with Gasteiger partial charge in [0.25, 0.3) is 10.0 Å². The van der Waals surface area contributed by atoms with Gasteiger partial charge in [0.1, 0.15) is 0 Å². The third kappa shape index (κ3) is 4.78. The van der Waals surface area contributed by atoms with E-state index in [4.69, 9.17) is 4.98 Å². The lowest BCUT2D eigenvalue weighted by Crippen LogP contribution is -2.13. The van der Waals surface area contributed by atoms with E-state index < -0.39 is 10.0 Å². The SMILES string of the molecule is Cc1ccc(S(=O)(=O)Nc2cccc3ccc(CCC4CCCCC4)nc23)cc1. The van der Waals surface area contributed by atoms with Crippen molar-refractivity contribution in [3.8, 4) is 0 Å². The van der Waals surface area contributed by atoms with Crippen LogP contribution < -0.4 is 4.72 Å². The second kappa shape index (κ2) is 8.54. The second-order valence-electron chi connectivity index (χ2n) is 8.14. The predicted molar refractivity (Wildman–Crippen MR) is 119 cm³/mol. The van der Waals surface area contributed by atoms with E-state index >= 15 is 0 Å². The van der Waals surface area contributed by atoms with Crippen LogP contribution >= 0.6 is 0 Å². The van der Waals surface area contributed by atoms with E-state index in [0.29, 0.717) is 11.2 Å². The maximum atomic E-state index is 12.8. The number of aromatic nitrogens is 1. The Bertz CT molecular complexity index is 1090. The Balaban J connectivity index is 1.57. The number of anilines is 1. The Labute approximate surface area is 173 Å². The molecule has 0 amide bonds. The fraction of sp³-hybridized carbons (Fsp3) is 0.375. The Morgan fingerprint density at radius 3 is 2.48 bits per heavy atom. The molecule has 2 aromatic carbocycles. The van der Waals surface area contributed by atoms with E-state index in [1.165, 1.54) is 32.1 Å². The van der Waals surface area contributed by atoms with Gasteiger partial charge in [-0.2, -0.15) is 0 Å². The number of benzene rings is 2. The number of sulfonamides is 1. The highest BCUT2D eigenvalue weighted by atomic mass is 32.2. The van der Waals surface area contributed by atoms with Gasteiger partial charge < -0.3 is 0 Å². The van der Waals surface area contributed by atoms with Gasteiger partial charge in [0.05, 0.1) is 16.1 Å². The van der Waals surface area contributed by atoms with E-state index in [1.54, 1.807) is 30.3 Å². The molecule has 0 bridgehead atoms. The molecule has 0 spiro atoms. The zero-order valence-electron chi connectivity index (χ0n) is 16.9. The molecule has 1 fully saturated rings. The van der Waals surface area contributed by atoms with Crippen LogP contribution in [0.15, 0.2) is 59.5 Å². The van der Waals surface area contributed by atoms with Gasteiger partial charge in [0, 0.05) is 11.1 Å². The minimum absolute atomic E-state index is 0.258. The summed E-state index contributed by atoms with van der Waals surface area (Å²) in [6.45, 7) is 1.94. The largest absolute Gasteiger partial charge is 0.277 e. The molecular weight excluding hydrogens is 380 g/mol. The molecule has 0 saturated heterocycles. The summed E-state index contributed by atoms with van der Waals surface area (Å²) in [5, 5.41) is 0.940. The summed E-state index contributed by atoms with van der Waals surface area (Å²) in [4.78, 5) is 5.08. The fourth-order valence-corrected chi connectivity index (χ4v) is 5.22. The molecular formula is C24H28N2O2S. The molecule has 4 rings (SSSR count). The van der Waals surface area contributed by atoms with Crippen molar-refractivity contribution in [3.05, 3.63) is 65.9 Å². The smallest absolute Gasteiger partial charge is 0.261 e. The van der Waals surface area contributed by atoms with Crippen molar-refractivity contribution >= 4 is 26.6 Å². The molecule has 1 saturated carbocycles. The molecule has 3 aromatic rings. The van der Waals surface area contributed by atoms with Crippen LogP contribution in [0.4, 0.5) is 5.69 Å². The number of hydrogen-bond acceptors (Lipinski definition) is 3. The number of nitrogens with one attached hydrogen (secondary N) is 1. The topological polar surface area (TPSA) is 59.1 Å². The first-order chi connectivity index (χ1) is 14.0. The van der Waals surface area contributed by atoms with E-state index in [-0.39, 0.29) is 4.90 Å². The molecule has 0 unspecified atom stereocenters. The number of aryl methyl sites for hydroxylation is 2. The molecule has 0 atom stereocenters. The molecule has 0 aliphatic heterocycles. The number of fused-ring (bicyclic) bond motifs is 1. The van der Waals surface area contributed by atoms with Gasteiger partial charge in [0.2, 0.25) is 0 Å². The van der Waals surface area contributed by atoms with Crippen LogP contribution in [0.1, 0.15) is 49.8 Å². The van der Waals surface area contributed by atoms with Gasteiger partial charge in [-0.05, 0) is 49.9 Å². The third-order valence-electron chi connectivity index (χ3n) is 5.89. The van der Waals surface area contributed by atoms with Crippen LogP contribution in [-0.2, 0) is 16.4 Å². The lowest BCUT2D eigenvalue weighted by molar-refractivity contribution is 0.338. The summed E-state index contributed by atoms with van der Waals surface area (Å²) < 4.78 is 28.4. The summed E-state index contributed by atoms with van der Waals surface area (Å²) in [7, 11) is -3.65. The quantitative estimate of drug-likeness (QED) is 0.556. The highest BCUT2D eigenvalue weighted by Gasteiger charge is 2.17. The molecule has 29 heavy (non-hydrogen) atoms. The Hall–Kier alpha value is -2.40. The first-order valence-electron chi connectivity index (χ1n) is 10.5. The molecule has 1 aromatic heterocycles. The van der Waals surface area contributed by atoms with Gasteiger partial charge in [-0.3, -0.25) is 9.71 Å². The van der Waals surface area contributed by atoms with E-state index in [2.05, 4.69) is 10.8 Å². The normalized spacial score (nSPS) is 15.5. The minimum atomic E-state index is -3.65. The van der Waals surface area contributed by atoms with E-state index in [0.717, 1.165) is 35.4 Å². The van der Waals surface area contributed by atoms with Crippen LogP contribution in [0.2, 0.25) is 0 Å². The third-order valence-corrected chi connectivity index (χ3v) is 7.27.